The van der Waals surface area contributed by atoms with Crippen LogP contribution in [-0.4, -0.2) is 22.6 Å². The zero-order valence-electron chi connectivity index (χ0n) is 12.3. The van der Waals surface area contributed by atoms with E-state index in [-0.39, 0.29) is 11.7 Å². The molecule has 0 aliphatic rings. The molecule has 0 spiro atoms. The molecule has 5 nitrogen and oxygen atoms in total. The number of hydrogen-bond acceptors (Lipinski definition) is 5. The number of nitrogens with two attached hydrogens (primary N) is 1. The van der Waals surface area contributed by atoms with E-state index in [0.29, 0.717) is 16.3 Å². The number of benzene rings is 2. The van der Waals surface area contributed by atoms with Gasteiger partial charge in [-0.1, -0.05) is 23.4 Å². The molecule has 0 saturated carbocycles. The molecule has 1 heterocycles. The first-order chi connectivity index (χ1) is 11.5. The second-order valence-electron chi connectivity index (χ2n) is 4.87. The van der Waals surface area contributed by atoms with Crippen molar-refractivity contribution in [3.05, 3.63) is 53.1 Å². The van der Waals surface area contributed by atoms with E-state index in [2.05, 4.69) is 10.3 Å². The number of thiazole rings is 1. The summed E-state index contributed by atoms with van der Waals surface area (Å²) in [7, 11) is 0. The summed E-state index contributed by atoms with van der Waals surface area (Å²) >= 11 is 8.83. The highest BCUT2D eigenvalue weighted by atomic mass is 35.5. The lowest BCUT2D eigenvalue weighted by Gasteiger charge is -2.04. The predicted octanol–water partition coefficient (Wildman–Crippen LogP) is 3.78. The summed E-state index contributed by atoms with van der Waals surface area (Å²) in [5, 5.41) is 3.41. The fourth-order valence-electron chi connectivity index (χ4n) is 1.98. The Morgan fingerprint density at radius 2 is 1.96 bits per heavy atom. The summed E-state index contributed by atoms with van der Waals surface area (Å²) in [5.41, 5.74) is 7.02. The number of nitrogens with one attached hydrogen (secondary N) is 1. The van der Waals surface area contributed by atoms with Gasteiger partial charge in [-0.2, -0.15) is 0 Å². The Hall–Kier alpha value is -2.09. The van der Waals surface area contributed by atoms with Gasteiger partial charge in [-0.25, -0.2) is 4.98 Å². The van der Waals surface area contributed by atoms with Crippen LogP contribution in [-0.2, 0) is 4.79 Å². The Kier molecular flexibility index (Phi) is 5.03. The minimum absolute atomic E-state index is 0.149. The van der Waals surface area contributed by atoms with Crippen molar-refractivity contribution in [1.29, 1.82) is 0 Å². The summed E-state index contributed by atoms with van der Waals surface area (Å²) < 4.78 is 1.84. The first-order valence-electron chi connectivity index (χ1n) is 6.90. The molecule has 24 heavy (non-hydrogen) atoms. The van der Waals surface area contributed by atoms with Crippen LogP contribution in [0.1, 0.15) is 10.4 Å². The maximum Gasteiger partial charge on any atom is 0.248 e. The molecule has 3 rings (SSSR count). The van der Waals surface area contributed by atoms with Gasteiger partial charge in [0.05, 0.1) is 16.0 Å². The Balaban J connectivity index is 1.59. The monoisotopic (exact) mass is 377 g/mol. The Bertz CT molecular complexity index is 909. The molecule has 0 atom stereocenters. The number of aromatic nitrogens is 1. The maximum absolute atomic E-state index is 12.0. The molecule has 122 valence electrons. The number of carbonyl (C=O) groups excluding carboxylic acids is 2. The molecule has 0 saturated heterocycles. The van der Waals surface area contributed by atoms with Gasteiger partial charge < -0.3 is 11.1 Å². The number of thioether (sulfide) groups is 1. The van der Waals surface area contributed by atoms with Crippen molar-refractivity contribution in [2.45, 2.75) is 4.34 Å². The molecule has 1 aromatic heterocycles. The molecule has 2 amide bonds. The Morgan fingerprint density at radius 1 is 1.21 bits per heavy atom. The molecule has 0 aliphatic heterocycles. The number of hydrogen-bond donors (Lipinski definition) is 2. The van der Waals surface area contributed by atoms with E-state index in [1.54, 1.807) is 30.3 Å². The summed E-state index contributed by atoms with van der Waals surface area (Å²) in [6, 6.07) is 12.0. The Morgan fingerprint density at radius 3 is 2.67 bits per heavy atom. The van der Waals surface area contributed by atoms with Crippen LogP contribution in [0.2, 0.25) is 5.02 Å². The molecular weight excluding hydrogens is 366 g/mol. The smallest absolute Gasteiger partial charge is 0.248 e. The average Bonchev–Trinajstić information content (AvgIpc) is 2.95. The number of rotatable bonds is 5. The third kappa shape index (κ3) is 4.05. The summed E-state index contributed by atoms with van der Waals surface area (Å²) in [5.74, 6) is -0.408. The van der Waals surface area contributed by atoms with Crippen molar-refractivity contribution in [3.63, 3.8) is 0 Å². The third-order valence-corrected chi connectivity index (χ3v) is 5.52. The fourth-order valence-corrected chi connectivity index (χ4v) is 4.00. The molecule has 0 aliphatic carbocycles. The highest BCUT2D eigenvalue weighted by Crippen LogP contribution is 2.31. The summed E-state index contributed by atoms with van der Waals surface area (Å²) in [4.78, 5) is 27.5. The second-order valence-corrected chi connectivity index (χ2v) is 7.56. The lowest BCUT2D eigenvalue weighted by molar-refractivity contribution is -0.113. The number of fused-ring (bicyclic) bond motifs is 1. The van der Waals surface area contributed by atoms with E-state index in [0.717, 1.165) is 14.6 Å². The number of carbonyl (C=O) groups is 2. The zero-order chi connectivity index (χ0) is 17.1. The van der Waals surface area contributed by atoms with E-state index in [9.17, 15) is 9.59 Å². The van der Waals surface area contributed by atoms with Crippen molar-refractivity contribution in [2.24, 2.45) is 5.73 Å². The van der Waals surface area contributed by atoms with Gasteiger partial charge in [0.15, 0.2) is 4.34 Å². The molecule has 2 aromatic carbocycles. The zero-order valence-corrected chi connectivity index (χ0v) is 14.7. The molecule has 0 unspecified atom stereocenters. The van der Waals surface area contributed by atoms with Gasteiger partial charge in [0.25, 0.3) is 0 Å². The number of amides is 2. The van der Waals surface area contributed by atoms with Crippen LogP contribution in [0.4, 0.5) is 5.69 Å². The minimum atomic E-state index is -0.501. The van der Waals surface area contributed by atoms with E-state index >= 15 is 0 Å². The molecule has 0 radical (unpaired) electrons. The van der Waals surface area contributed by atoms with Crippen LogP contribution in [0.25, 0.3) is 10.2 Å². The lowest BCUT2D eigenvalue weighted by Crippen LogP contribution is -2.14. The lowest BCUT2D eigenvalue weighted by atomic mass is 10.2. The average molecular weight is 378 g/mol. The quantitative estimate of drug-likeness (QED) is 0.662. The number of nitrogens with zero attached hydrogens (tertiary/aromatic N) is 1. The molecule has 0 bridgehead atoms. The van der Waals surface area contributed by atoms with Gasteiger partial charge in [0.1, 0.15) is 0 Å². The number of primary amides is 1. The van der Waals surface area contributed by atoms with Crippen LogP contribution in [0.5, 0.6) is 0 Å². The van der Waals surface area contributed by atoms with E-state index < -0.39 is 5.91 Å². The Labute approximate surface area is 151 Å². The largest absolute Gasteiger partial charge is 0.366 e. The predicted molar refractivity (Wildman–Crippen MR) is 98.9 cm³/mol. The third-order valence-electron chi connectivity index (χ3n) is 3.11. The van der Waals surface area contributed by atoms with Gasteiger partial charge in [-0.3, -0.25) is 9.59 Å². The highest BCUT2D eigenvalue weighted by molar-refractivity contribution is 8.01. The maximum atomic E-state index is 12.0. The van der Waals surface area contributed by atoms with E-state index in [1.165, 1.54) is 23.1 Å². The second kappa shape index (κ2) is 7.21. The van der Waals surface area contributed by atoms with Crippen LogP contribution in [0.3, 0.4) is 0 Å². The van der Waals surface area contributed by atoms with Gasteiger partial charge >= 0.3 is 0 Å². The number of anilines is 1. The molecule has 0 fully saturated rings. The van der Waals surface area contributed by atoms with Crippen molar-refractivity contribution >= 4 is 62.4 Å². The topological polar surface area (TPSA) is 85.1 Å². The van der Waals surface area contributed by atoms with E-state index in [1.807, 2.05) is 12.1 Å². The molecule has 3 N–H and O–H groups in total. The van der Waals surface area contributed by atoms with Crippen LogP contribution in [0, 0.1) is 0 Å². The molecule has 3 aromatic rings. The van der Waals surface area contributed by atoms with Crippen molar-refractivity contribution in [1.82, 2.24) is 4.98 Å². The van der Waals surface area contributed by atoms with Gasteiger partial charge in [-0.05, 0) is 42.5 Å². The fraction of sp³-hybridized carbons (Fsp3) is 0.0625. The van der Waals surface area contributed by atoms with Gasteiger partial charge in [0.2, 0.25) is 11.8 Å². The van der Waals surface area contributed by atoms with Crippen molar-refractivity contribution in [3.8, 4) is 0 Å². The first-order valence-corrected chi connectivity index (χ1v) is 9.08. The van der Waals surface area contributed by atoms with Gasteiger partial charge in [-0.15, -0.1) is 11.3 Å². The van der Waals surface area contributed by atoms with Crippen LogP contribution >= 0.6 is 34.7 Å². The van der Waals surface area contributed by atoms with Crippen LogP contribution in [0.15, 0.2) is 46.8 Å². The standard InChI is InChI=1S/C16H12ClN3O2S2/c17-10-3-6-13-12(7-10)20-16(24-13)23-8-14(21)19-11-4-1-9(2-5-11)15(18)22/h1-7H,8H2,(H2,18,22)(H,19,21). The highest BCUT2D eigenvalue weighted by Gasteiger charge is 2.09. The van der Waals surface area contributed by atoms with Crippen LogP contribution < -0.4 is 11.1 Å². The normalized spacial score (nSPS) is 10.7. The number of halogens is 1. The van der Waals surface area contributed by atoms with Crippen molar-refractivity contribution in [2.75, 3.05) is 11.1 Å². The van der Waals surface area contributed by atoms with Crippen molar-refractivity contribution < 1.29 is 9.59 Å². The first kappa shape index (κ1) is 16.8. The SMILES string of the molecule is NC(=O)c1ccc(NC(=O)CSc2nc3cc(Cl)ccc3s2)cc1. The summed E-state index contributed by atoms with van der Waals surface area (Å²) in [6.45, 7) is 0. The minimum Gasteiger partial charge on any atom is -0.366 e. The summed E-state index contributed by atoms with van der Waals surface area (Å²) in [6.07, 6.45) is 0. The van der Waals surface area contributed by atoms with E-state index in [4.69, 9.17) is 17.3 Å². The van der Waals surface area contributed by atoms with Gasteiger partial charge in [0, 0.05) is 16.3 Å². The molecule has 8 heteroatoms. The molecular formula is C16H12ClN3O2S2.